The number of benzene rings is 2. The van der Waals surface area contributed by atoms with Gasteiger partial charge in [-0.1, -0.05) is 46.4 Å². The topological polar surface area (TPSA) is 68.3 Å². The van der Waals surface area contributed by atoms with Gasteiger partial charge in [-0.25, -0.2) is 8.42 Å². The molecule has 0 aliphatic carbocycles. The van der Waals surface area contributed by atoms with Crippen LogP contribution in [-0.2, 0) is 10.0 Å². The lowest BCUT2D eigenvalue weighted by molar-refractivity contribution is 0.480. The van der Waals surface area contributed by atoms with Crippen molar-refractivity contribution in [2.45, 2.75) is 4.90 Å². The molecule has 0 amide bonds. The third-order valence-electron chi connectivity index (χ3n) is 3.28. The molecule has 5 nitrogen and oxygen atoms in total. The van der Waals surface area contributed by atoms with E-state index in [2.05, 4.69) is 9.71 Å². The van der Waals surface area contributed by atoms with Gasteiger partial charge in [-0.2, -0.15) is 0 Å². The molecule has 0 spiro atoms. The van der Waals surface area contributed by atoms with Crippen LogP contribution in [0.15, 0.2) is 59.8 Å². The van der Waals surface area contributed by atoms with Crippen LogP contribution in [0, 0.1) is 0 Å². The predicted molar refractivity (Wildman–Crippen MR) is 108 cm³/mol. The van der Waals surface area contributed by atoms with Gasteiger partial charge in [-0.05, 0) is 36.4 Å². The zero-order valence-electron chi connectivity index (χ0n) is 13.3. The van der Waals surface area contributed by atoms with E-state index in [1.54, 1.807) is 6.07 Å². The highest BCUT2D eigenvalue weighted by atomic mass is 35.5. The lowest BCUT2D eigenvalue weighted by atomic mass is 10.3. The van der Waals surface area contributed by atoms with Gasteiger partial charge < -0.3 is 4.74 Å². The van der Waals surface area contributed by atoms with Crippen LogP contribution in [-0.4, -0.2) is 13.4 Å². The number of anilines is 1. The van der Waals surface area contributed by atoms with Crippen molar-refractivity contribution in [1.29, 1.82) is 0 Å². The standard InChI is InChI=1S/C17H10Cl4N2O3S/c18-10-1-4-17(15(21)6-10)27(24,25)23-12-2-3-16(14(20)7-12)26-13-5-11(19)8-22-9-13/h1-9,23H. The van der Waals surface area contributed by atoms with Gasteiger partial charge in [-0.3, -0.25) is 9.71 Å². The molecule has 0 saturated carbocycles. The first kappa shape index (κ1) is 20.0. The van der Waals surface area contributed by atoms with Crippen LogP contribution < -0.4 is 9.46 Å². The number of hydrogen-bond acceptors (Lipinski definition) is 4. The van der Waals surface area contributed by atoms with Gasteiger partial charge in [-0.15, -0.1) is 0 Å². The average molecular weight is 464 g/mol. The summed E-state index contributed by atoms with van der Waals surface area (Å²) >= 11 is 23.8. The van der Waals surface area contributed by atoms with E-state index in [1.807, 2.05) is 0 Å². The fourth-order valence-electron chi connectivity index (χ4n) is 2.13. The molecule has 0 bridgehead atoms. The molecule has 1 N–H and O–H groups in total. The molecule has 3 rings (SSSR count). The van der Waals surface area contributed by atoms with Gasteiger partial charge in [0.05, 0.1) is 27.0 Å². The second-order valence-electron chi connectivity index (χ2n) is 5.27. The molecular formula is C17H10Cl4N2O3S. The Hall–Kier alpha value is -1.70. The van der Waals surface area contributed by atoms with Gasteiger partial charge in [0.2, 0.25) is 0 Å². The monoisotopic (exact) mass is 462 g/mol. The van der Waals surface area contributed by atoms with Gasteiger partial charge in [0.15, 0.2) is 0 Å². The summed E-state index contributed by atoms with van der Waals surface area (Å²) in [5.41, 5.74) is 0.239. The van der Waals surface area contributed by atoms with Gasteiger partial charge in [0, 0.05) is 17.3 Å². The van der Waals surface area contributed by atoms with E-state index in [1.165, 1.54) is 48.8 Å². The van der Waals surface area contributed by atoms with Crippen molar-refractivity contribution in [3.8, 4) is 11.5 Å². The first-order valence-corrected chi connectivity index (χ1v) is 10.3. The molecule has 27 heavy (non-hydrogen) atoms. The number of sulfonamides is 1. The zero-order valence-corrected chi connectivity index (χ0v) is 17.1. The highest BCUT2D eigenvalue weighted by Crippen LogP contribution is 2.33. The second kappa shape index (κ2) is 8.12. The Morgan fingerprint density at radius 3 is 2.30 bits per heavy atom. The molecule has 1 heterocycles. The molecule has 0 radical (unpaired) electrons. The molecule has 140 valence electrons. The Morgan fingerprint density at radius 2 is 1.63 bits per heavy atom. The van der Waals surface area contributed by atoms with E-state index >= 15 is 0 Å². The van der Waals surface area contributed by atoms with Crippen molar-refractivity contribution in [3.63, 3.8) is 0 Å². The molecule has 0 aliphatic rings. The molecular weight excluding hydrogens is 454 g/mol. The first-order chi connectivity index (χ1) is 12.7. The lowest BCUT2D eigenvalue weighted by Gasteiger charge is -2.12. The summed E-state index contributed by atoms with van der Waals surface area (Å²) in [4.78, 5) is 3.81. The summed E-state index contributed by atoms with van der Waals surface area (Å²) in [6, 6.07) is 10.1. The highest BCUT2D eigenvalue weighted by Gasteiger charge is 2.19. The summed E-state index contributed by atoms with van der Waals surface area (Å²) in [6.45, 7) is 0. The van der Waals surface area contributed by atoms with E-state index in [0.29, 0.717) is 21.5 Å². The van der Waals surface area contributed by atoms with Crippen LogP contribution in [0.4, 0.5) is 5.69 Å². The Bertz CT molecular complexity index is 1110. The van der Waals surface area contributed by atoms with E-state index in [4.69, 9.17) is 51.1 Å². The molecule has 0 unspecified atom stereocenters. The summed E-state index contributed by atoms with van der Waals surface area (Å²) in [5, 5.41) is 0.943. The fourth-order valence-corrected chi connectivity index (χ4v) is 4.33. The van der Waals surface area contributed by atoms with Crippen LogP contribution >= 0.6 is 46.4 Å². The van der Waals surface area contributed by atoms with Crippen molar-refractivity contribution in [1.82, 2.24) is 4.98 Å². The molecule has 0 fully saturated rings. The van der Waals surface area contributed by atoms with Crippen molar-refractivity contribution in [2.24, 2.45) is 0 Å². The number of halogens is 4. The van der Waals surface area contributed by atoms with Crippen LogP contribution in [0.25, 0.3) is 0 Å². The van der Waals surface area contributed by atoms with Crippen molar-refractivity contribution in [3.05, 3.63) is 74.9 Å². The normalized spacial score (nSPS) is 11.3. The fraction of sp³-hybridized carbons (Fsp3) is 0. The van der Waals surface area contributed by atoms with Crippen LogP contribution in [0.5, 0.6) is 11.5 Å². The number of rotatable bonds is 5. The van der Waals surface area contributed by atoms with Crippen molar-refractivity contribution < 1.29 is 13.2 Å². The molecule has 0 aliphatic heterocycles. The maximum atomic E-state index is 12.5. The predicted octanol–water partition coefficient (Wildman–Crippen LogP) is 6.29. The SMILES string of the molecule is O=S(=O)(Nc1ccc(Oc2cncc(Cl)c2)c(Cl)c1)c1ccc(Cl)cc1Cl. The molecule has 10 heteroatoms. The minimum absolute atomic E-state index is 0.00880. The van der Waals surface area contributed by atoms with Crippen molar-refractivity contribution in [2.75, 3.05) is 4.72 Å². The summed E-state index contributed by atoms with van der Waals surface area (Å²) in [6.07, 6.45) is 2.94. The smallest absolute Gasteiger partial charge is 0.263 e. The van der Waals surface area contributed by atoms with E-state index in [0.717, 1.165) is 0 Å². The Balaban J connectivity index is 1.83. The maximum Gasteiger partial charge on any atom is 0.263 e. The molecule has 2 aromatic carbocycles. The number of pyridine rings is 1. The van der Waals surface area contributed by atoms with Crippen molar-refractivity contribution >= 4 is 62.1 Å². The summed E-state index contributed by atoms with van der Waals surface area (Å²) in [7, 11) is -3.92. The molecule has 1 aromatic heterocycles. The summed E-state index contributed by atoms with van der Waals surface area (Å²) in [5.74, 6) is 0.707. The zero-order chi connectivity index (χ0) is 19.6. The number of nitrogens with one attached hydrogen (secondary N) is 1. The van der Waals surface area contributed by atoms with E-state index in [-0.39, 0.29) is 20.6 Å². The maximum absolute atomic E-state index is 12.5. The minimum Gasteiger partial charge on any atom is -0.454 e. The number of ether oxygens (including phenoxy) is 1. The number of aromatic nitrogens is 1. The Labute approximate surface area is 175 Å². The van der Waals surface area contributed by atoms with Gasteiger partial charge in [0.25, 0.3) is 10.0 Å². The van der Waals surface area contributed by atoms with Crippen LogP contribution in [0.1, 0.15) is 0 Å². The third kappa shape index (κ3) is 4.97. The Kier molecular flexibility index (Phi) is 6.03. The molecule has 3 aromatic rings. The van der Waals surface area contributed by atoms with E-state index in [9.17, 15) is 8.42 Å². The second-order valence-corrected chi connectivity index (χ2v) is 8.60. The first-order valence-electron chi connectivity index (χ1n) is 7.30. The quantitative estimate of drug-likeness (QED) is 0.482. The molecule has 0 atom stereocenters. The van der Waals surface area contributed by atoms with Crippen LogP contribution in [0.2, 0.25) is 20.1 Å². The number of nitrogens with zero attached hydrogens (tertiary/aromatic N) is 1. The van der Waals surface area contributed by atoms with E-state index < -0.39 is 10.0 Å². The van der Waals surface area contributed by atoms with Crippen LogP contribution in [0.3, 0.4) is 0 Å². The largest absolute Gasteiger partial charge is 0.454 e. The molecule has 0 saturated heterocycles. The van der Waals surface area contributed by atoms with Gasteiger partial charge >= 0.3 is 0 Å². The number of hydrogen-bond donors (Lipinski definition) is 1. The highest BCUT2D eigenvalue weighted by molar-refractivity contribution is 7.92. The van der Waals surface area contributed by atoms with Gasteiger partial charge in [0.1, 0.15) is 16.4 Å². The lowest BCUT2D eigenvalue weighted by Crippen LogP contribution is -2.13. The Morgan fingerprint density at radius 1 is 0.852 bits per heavy atom. The third-order valence-corrected chi connectivity index (χ3v) is 5.88. The minimum atomic E-state index is -3.92. The summed E-state index contributed by atoms with van der Waals surface area (Å²) < 4.78 is 33.1. The average Bonchev–Trinajstić information content (AvgIpc) is 2.56.